The monoisotopic (exact) mass is 401 g/mol. The number of aromatic nitrogens is 2. The minimum Gasteiger partial charge on any atom is -0.497 e. The van der Waals surface area contributed by atoms with Gasteiger partial charge in [-0.15, -0.1) is 0 Å². The maximum Gasteiger partial charge on any atom is 0.261 e. The molecule has 1 N–H and O–H groups in total. The van der Waals surface area contributed by atoms with Crippen LogP contribution in [0.3, 0.4) is 0 Å². The zero-order valence-corrected chi connectivity index (χ0v) is 16.5. The number of carbonyl (C=O) groups excluding carboxylic acids is 1. The van der Waals surface area contributed by atoms with Gasteiger partial charge in [-0.05, 0) is 49.7 Å². The Balaban J connectivity index is 1.57. The van der Waals surface area contributed by atoms with Crippen LogP contribution >= 0.6 is 11.6 Å². The molecule has 7 nitrogen and oxygen atoms in total. The van der Waals surface area contributed by atoms with Crippen LogP contribution < -0.4 is 14.8 Å². The lowest BCUT2D eigenvalue weighted by Gasteiger charge is -2.14. The van der Waals surface area contributed by atoms with Crippen LogP contribution in [-0.4, -0.2) is 29.3 Å². The number of ether oxygens (including phenoxy) is 2. The fourth-order valence-electron chi connectivity index (χ4n) is 2.46. The molecule has 28 heavy (non-hydrogen) atoms. The number of amides is 1. The van der Waals surface area contributed by atoms with E-state index in [1.165, 1.54) is 0 Å². The molecule has 2 aromatic carbocycles. The summed E-state index contributed by atoms with van der Waals surface area (Å²) in [4.78, 5) is 16.6. The van der Waals surface area contributed by atoms with Crippen molar-refractivity contribution in [1.82, 2.24) is 15.5 Å². The van der Waals surface area contributed by atoms with Gasteiger partial charge in [-0.1, -0.05) is 28.9 Å². The lowest BCUT2D eigenvalue weighted by molar-refractivity contribution is -0.127. The van der Waals surface area contributed by atoms with Crippen LogP contribution in [-0.2, 0) is 11.3 Å². The van der Waals surface area contributed by atoms with Crippen LogP contribution in [0.5, 0.6) is 11.5 Å². The molecule has 0 unspecified atom stereocenters. The molecular weight excluding hydrogens is 382 g/mol. The van der Waals surface area contributed by atoms with Crippen molar-refractivity contribution in [1.29, 1.82) is 0 Å². The van der Waals surface area contributed by atoms with Crippen molar-refractivity contribution < 1.29 is 18.8 Å². The van der Waals surface area contributed by atoms with Gasteiger partial charge >= 0.3 is 0 Å². The fourth-order valence-corrected chi connectivity index (χ4v) is 2.58. The van der Waals surface area contributed by atoms with E-state index in [9.17, 15) is 4.79 Å². The number of nitrogens with zero attached hydrogens (tertiary/aromatic N) is 2. The SMILES string of the molecule is COc1cccc(-c2noc(CNC(=O)[C@@H](C)Oc3ccc(Cl)c(C)c3)n2)c1. The quantitative estimate of drug-likeness (QED) is 0.648. The summed E-state index contributed by atoms with van der Waals surface area (Å²) < 4.78 is 16.0. The van der Waals surface area contributed by atoms with Crippen molar-refractivity contribution in [3.05, 3.63) is 58.9 Å². The van der Waals surface area contributed by atoms with E-state index in [0.29, 0.717) is 28.2 Å². The normalized spacial score (nSPS) is 11.7. The second kappa shape index (κ2) is 8.75. The van der Waals surface area contributed by atoms with Crippen molar-refractivity contribution in [2.75, 3.05) is 7.11 Å². The lowest BCUT2D eigenvalue weighted by Crippen LogP contribution is -2.36. The number of halogens is 1. The van der Waals surface area contributed by atoms with Gasteiger partial charge in [0.25, 0.3) is 5.91 Å². The first-order valence-corrected chi connectivity index (χ1v) is 9.01. The van der Waals surface area contributed by atoms with Crippen LogP contribution in [0.1, 0.15) is 18.4 Å². The Morgan fingerprint density at radius 1 is 1.25 bits per heavy atom. The van der Waals surface area contributed by atoms with E-state index in [1.807, 2.05) is 25.1 Å². The zero-order chi connectivity index (χ0) is 20.1. The third-order valence-electron chi connectivity index (χ3n) is 4.02. The summed E-state index contributed by atoms with van der Waals surface area (Å²) in [7, 11) is 1.59. The molecule has 1 amide bonds. The number of methoxy groups -OCH3 is 1. The molecule has 0 aliphatic heterocycles. The van der Waals surface area contributed by atoms with E-state index in [2.05, 4.69) is 15.5 Å². The third-order valence-corrected chi connectivity index (χ3v) is 4.45. The predicted molar refractivity (Wildman–Crippen MR) is 104 cm³/mol. The smallest absolute Gasteiger partial charge is 0.261 e. The number of nitrogens with one attached hydrogen (secondary N) is 1. The highest BCUT2D eigenvalue weighted by Crippen LogP contribution is 2.22. The van der Waals surface area contributed by atoms with Gasteiger partial charge < -0.3 is 19.3 Å². The highest BCUT2D eigenvalue weighted by atomic mass is 35.5. The number of carbonyl (C=O) groups is 1. The Morgan fingerprint density at radius 3 is 2.82 bits per heavy atom. The van der Waals surface area contributed by atoms with Crippen molar-refractivity contribution in [3.8, 4) is 22.9 Å². The van der Waals surface area contributed by atoms with Crippen molar-refractivity contribution in [2.24, 2.45) is 0 Å². The van der Waals surface area contributed by atoms with Gasteiger partial charge in [-0.3, -0.25) is 4.79 Å². The number of benzene rings is 2. The third kappa shape index (κ3) is 4.80. The van der Waals surface area contributed by atoms with Gasteiger partial charge in [0.15, 0.2) is 6.10 Å². The molecule has 3 rings (SSSR count). The Hall–Kier alpha value is -3.06. The predicted octanol–water partition coefficient (Wildman–Crippen LogP) is 3.79. The molecule has 0 saturated carbocycles. The second-order valence-corrected chi connectivity index (χ2v) is 6.54. The molecular formula is C20H20ClN3O4. The maximum absolute atomic E-state index is 12.3. The first-order chi connectivity index (χ1) is 13.5. The first kappa shape index (κ1) is 19.7. The Kier molecular flexibility index (Phi) is 6.16. The van der Waals surface area contributed by atoms with Gasteiger partial charge in [0.2, 0.25) is 11.7 Å². The number of aryl methyl sites for hydroxylation is 1. The molecule has 1 aromatic heterocycles. The van der Waals surface area contributed by atoms with E-state index in [1.54, 1.807) is 38.3 Å². The maximum atomic E-state index is 12.3. The average Bonchev–Trinajstić information content (AvgIpc) is 3.18. The molecule has 0 saturated heterocycles. The first-order valence-electron chi connectivity index (χ1n) is 8.64. The van der Waals surface area contributed by atoms with Crippen molar-refractivity contribution >= 4 is 17.5 Å². The Morgan fingerprint density at radius 2 is 2.07 bits per heavy atom. The van der Waals surface area contributed by atoms with E-state index in [-0.39, 0.29) is 12.5 Å². The molecule has 1 heterocycles. The largest absolute Gasteiger partial charge is 0.497 e. The van der Waals surface area contributed by atoms with Gasteiger partial charge in [-0.25, -0.2) is 0 Å². The van der Waals surface area contributed by atoms with E-state index >= 15 is 0 Å². The molecule has 0 aliphatic carbocycles. The summed E-state index contributed by atoms with van der Waals surface area (Å²) in [6, 6.07) is 12.5. The average molecular weight is 402 g/mol. The van der Waals surface area contributed by atoms with E-state index in [4.69, 9.17) is 25.6 Å². The van der Waals surface area contributed by atoms with Crippen LogP contribution in [0.4, 0.5) is 0 Å². The van der Waals surface area contributed by atoms with Crippen LogP contribution in [0.25, 0.3) is 11.4 Å². The number of hydrogen-bond acceptors (Lipinski definition) is 6. The Labute approximate surface area is 167 Å². The minimum absolute atomic E-state index is 0.100. The molecule has 8 heteroatoms. The molecule has 0 aliphatic rings. The summed E-state index contributed by atoms with van der Waals surface area (Å²) in [5, 5.41) is 7.30. The van der Waals surface area contributed by atoms with E-state index < -0.39 is 6.10 Å². The second-order valence-electron chi connectivity index (χ2n) is 6.13. The van der Waals surface area contributed by atoms with Crippen LogP contribution in [0.15, 0.2) is 47.0 Å². The summed E-state index contributed by atoms with van der Waals surface area (Å²) in [6.45, 7) is 3.63. The zero-order valence-electron chi connectivity index (χ0n) is 15.7. The highest BCUT2D eigenvalue weighted by molar-refractivity contribution is 6.31. The Bertz CT molecular complexity index is 974. The minimum atomic E-state index is -0.693. The van der Waals surface area contributed by atoms with Crippen LogP contribution in [0.2, 0.25) is 5.02 Å². The molecule has 146 valence electrons. The molecule has 0 bridgehead atoms. The number of rotatable bonds is 7. The standard InChI is InChI=1S/C20H20ClN3O4/c1-12-9-16(7-8-17(12)21)27-13(2)20(25)22-11-18-23-19(24-28-18)14-5-4-6-15(10-14)26-3/h4-10,13H,11H2,1-3H3,(H,22,25)/t13-/m1/s1. The topological polar surface area (TPSA) is 86.5 Å². The molecule has 0 spiro atoms. The molecule has 3 aromatic rings. The summed E-state index contributed by atoms with van der Waals surface area (Å²) in [5.74, 6) is 1.68. The molecule has 0 radical (unpaired) electrons. The van der Waals surface area contributed by atoms with Crippen molar-refractivity contribution in [2.45, 2.75) is 26.5 Å². The van der Waals surface area contributed by atoms with Crippen molar-refractivity contribution in [3.63, 3.8) is 0 Å². The molecule has 1 atom stereocenters. The summed E-state index contributed by atoms with van der Waals surface area (Å²) >= 11 is 6.00. The number of hydrogen-bond donors (Lipinski definition) is 1. The van der Waals surface area contributed by atoms with Crippen LogP contribution in [0, 0.1) is 6.92 Å². The van der Waals surface area contributed by atoms with Gasteiger partial charge in [-0.2, -0.15) is 4.98 Å². The van der Waals surface area contributed by atoms with E-state index in [0.717, 1.165) is 11.1 Å². The van der Waals surface area contributed by atoms with Gasteiger partial charge in [0, 0.05) is 10.6 Å². The lowest BCUT2D eigenvalue weighted by atomic mass is 10.2. The van der Waals surface area contributed by atoms with Gasteiger partial charge in [0.05, 0.1) is 13.7 Å². The fraction of sp³-hybridized carbons (Fsp3) is 0.250. The molecule has 0 fully saturated rings. The summed E-state index contributed by atoms with van der Waals surface area (Å²) in [6.07, 6.45) is -0.693. The highest BCUT2D eigenvalue weighted by Gasteiger charge is 2.17. The summed E-state index contributed by atoms with van der Waals surface area (Å²) in [5.41, 5.74) is 1.64. The van der Waals surface area contributed by atoms with Gasteiger partial charge in [0.1, 0.15) is 11.5 Å².